The summed E-state index contributed by atoms with van der Waals surface area (Å²) in [6.07, 6.45) is 1.84. The van der Waals surface area contributed by atoms with E-state index < -0.39 is 9.67 Å². The first kappa shape index (κ1) is 10.9. The summed E-state index contributed by atoms with van der Waals surface area (Å²) in [5.41, 5.74) is 1.33. The number of hydrogen-bond donors (Lipinski definition) is 1. The minimum atomic E-state index is -0.648. The number of carbonyl (C=O) groups excluding carboxylic acids is 1. The first-order chi connectivity index (χ1) is 7.49. The van der Waals surface area contributed by atoms with E-state index >= 15 is 0 Å². The monoisotopic (exact) mass is 238 g/mol. The van der Waals surface area contributed by atoms with Gasteiger partial charge in [0.15, 0.2) is 0 Å². The summed E-state index contributed by atoms with van der Waals surface area (Å²) < 4.78 is -0.648. The average molecular weight is 238 g/mol. The molecule has 2 rings (SSSR count). The topological polar surface area (TPSA) is 72.2 Å². The van der Waals surface area contributed by atoms with Gasteiger partial charge in [-0.05, 0) is 19.2 Å². The van der Waals surface area contributed by atoms with Gasteiger partial charge in [-0.25, -0.2) is 0 Å². The largest absolute Gasteiger partial charge is 0.324 e. The van der Waals surface area contributed by atoms with Gasteiger partial charge in [0.05, 0.1) is 10.6 Å². The lowest BCUT2D eigenvalue weighted by Gasteiger charge is -2.18. The molecule has 0 radical (unpaired) electrons. The normalized spacial score (nSPS) is 22.8. The van der Waals surface area contributed by atoms with Crippen LogP contribution in [0.15, 0.2) is 18.2 Å². The van der Waals surface area contributed by atoms with Crippen LogP contribution in [-0.4, -0.2) is 17.1 Å². The molecule has 1 amide bonds. The summed E-state index contributed by atoms with van der Waals surface area (Å²) in [5, 5.41) is 13.3. The van der Waals surface area contributed by atoms with Crippen molar-refractivity contribution >= 4 is 29.0 Å². The number of nitro benzene ring substituents is 1. The maximum absolute atomic E-state index is 11.8. The lowest BCUT2D eigenvalue weighted by Crippen LogP contribution is -2.26. The van der Waals surface area contributed by atoms with Gasteiger partial charge in [-0.2, -0.15) is 0 Å². The van der Waals surface area contributed by atoms with Crippen molar-refractivity contribution < 1.29 is 9.72 Å². The number of hydrogen-bond acceptors (Lipinski definition) is 4. The van der Waals surface area contributed by atoms with E-state index in [2.05, 4.69) is 5.32 Å². The predicted molar refractivity (Wildman–Crippen MR) is 62.6 cm³/mol. The molecule has 5 nitrogen and oxygen atoms in total. The molecule has 0 bridgehead atoms. The Hall–Kier alpha value is -1.56. The van der Waals surface area contributed by atoms with Crippen LogP contribution < -0.4 is 5.32 Å². The van der Waals surface area contributed by atoms with E-state index in [-0.39, 0.29) is 11.6 Å². The van der Waals surface area contributed by atoms with Crippen LogP contribution in [0.3, 0.4) is 0 Å². The molecule has 0 fully saturated rings. The van der Waals surface area contributed by atoms with E-state index in [1.807, 2.05) is 13.2 Å². The maximum Gasteiger partial charge on any atom is 0.271 e. The highest BCUT2D eigenvalue weighted by molar-refractivity contribution is 8.00. The van der Waals surface area contributed by atoms with E-state index in [9.17, 15) is 14.9 Å². The Labute approximate surface area is 96.4 Å². The van der Waals surface area contributed by atoms with Gasteiger partial charge in [0.25, 0.3) is 5.69 Å². The van der Waals surface area contributed by atoms with Gasteiger partial charge in [0, 0.05) is 17.7 Å². The summed E-state index contributed by atoms with van der Waals surface area (Å²) in [7, 11) is 0. The first-order valence-electron chi connectivity index (χ1n) is 4.64. The van der Waals surface area contributed by atoms with Crippen LogP contribution in [-0.2, 0) is 9.54 Å². The number of nitrogens with zero attached hydrogens (tertiary/aromatic N) is 1. The molecule has 1 aliphatic heterocycles. The lowest BCUT2D eigenvalue weighted by atomic mass is 10.0. The van der Waals surface area contributed by atoms with Crippen molar-refractivity contribution in [2.24, 2.45) is 0 Å². The smallest absolute Gasteiger partial charge is 0.271 e. The quantitative estimate of drug-likeness (QED) is 0.632. The average Bonchev–Trinajstić information content (AvgIpc) is 2.51. The third-order valence-electron chi connectivity index (χ3n) is 2.82. The Kier molecular flexibility index (Phi) is 2.38. The summed E-state index contributed by atoms with van der Waals surface area (Å²) in [5.74, 6) is -0.129. The highest BCUT2D eigenvalue weighted by Gasteiger charge is 2.42. The molecule has 0 saturated heterocycles. The van der Waals surface area contributed by atoms with Crippen LogP contribution in [0.5, 0.6) is 0 Å². The zero-order valence-corrected chi connectivity index (χ0v) is 9.63. The molecule has 1 heterocycles. The SMILES string of the molecule is CSC1(C)C(=O)Nc2cc([N+](=O)[O-])ccc21. The molecule has 0 spiro atoms. The van der Waals surface area contributed by atoms with E-state index in [0.717, 1.165) is 5.56 Å². The van der Waals surface area contributed by atoms with Gasteiger partial charge in [0.2, 0.25) is 5.91 Å². The highest BCUT2D eigenvalue weighted by Crippen LogP contribution is 2.45. The molecule has 1 N–H and O–H groups in total. The second kappa shape index (κ2) is 3.48. The molecule has 1 aliphatic rings. The predicted octanol–water partition coefficient (Wildman–Crippen LogP) is 2.13. The third kappa shape index (κ3) is 1.37. The fourth-order valence-corrected chi connectivity index (χ4v) is 2.37. The molecular weight excluding hydrogens is 228 g/mol. The van der Waals surface area contributed by atoms with Crippen LogP contribution in [0, 0.1) is 10.1 Å². The molecule has 1 aromatic carbocycles. The Morgan fingerprint density at radius 1 is 1.50 bits per heavy atom. The van der Waals surface area contributed by atoms with Crippen LogP contribution >= 0.6 is 11.8 Å². The summed E-state index contributed by atoms with van der Waals surface area (Å²) in [4.78, 5) is 21.9. The second-order valence-electron chi connectivity index (χ2n) is 3.68. The van der Waals surface area contributed by atoms with Gasteiger partial charge < -0.3 is 5.32 Å². The fourth-order valence-electron chi connectivity index (χ4n) is 1.73. The van der Waals surface area contributed by atoms with Gasteiger partial charge in [0.1, 0.15) is 4.75 Å². The van der Waals surface area contributed by atoms with Crippen molar-refractivity contribution in [1.82, 2.24) is 0 Å². The number of benzene rings is 1. The number of rotatable bonds is 2. The molecule has 1 unspecified atom stereocenters. The zero-order chi connectivity index (χ0) is 11.9. The van der Waals surface area contributed by atoms with Crippen LogP contribution in [0.4, 0.5) is 11.4 Å². The molecule has 1 aromatic rings. The molecule has 0 aromatic heterocycles. The molecule has 1 atom stereocenters. The number of non-ortho nitro benzene ring substituents is 1. The number of anilines is 1. The van der Waals surface area contributed by atoms with Gasteiger partial charge in [-0.3, -0.25) is 14.9 Å². The summed E-state index contributed by atoms with van der Waals surface area (Å²) in [6.45, 7) is 1.81. The minimum Gasteiger partial charge on any atom is -0.324 e. The number of carbonyl (C=O) groups is 1. The maximum atomic E-state index is 11.8. The molecule has 0 saturated carbocycles. The summed E-state index contributed by atoms with van der Waals surface area (Å²) in [6, 6.07) is 4.46. The fraction of sp³-hybridized carbons (Fsp3) is 0.300. The van der Waals surface area contributed by atoms with E-state index in [0.29, 0.717) is 5.69 Å². The Morgan fingerprint density at radius 2 is 2.19 bits per heavy atom. The summed E-state index contributed by atoms with van der Waals surface area (Å²) >= 11 is 1.42. The Bertz CT molecular complexity index is 489. The first-order valence-corrected chi connectivity index (χ1v) is 5.87. The number of fused-ring (bicyclic) bond motifs is 1. The zero-order valence-electron chi connectivity index (χ0n) is 8.81. The number of thioether (sulfide) groups is 1. The third-order valence-corrected chi connectivity index (χ3v) is 4.04. The molecule has 6 heteroatoms. The van der Waals surface area contributed by atoms with Crippen molar-refractivity contribution in [3.8, 4) is 0 Å². The van der Waals surface area contributed by atoms with Crippen LogP contribution in [0.2, 0.25) is 0 Å². The van der Waals surface area contributed by atoms with Crippen molar-refractivity contribution in [2.75, 3.05) is 11.6 Å². The van der Waals surface area contributed by atoms with Crippen molar-refractivity contribution in [3.05, 3.63) is 33.9 Å². The van der Waals surface area contributed by atoms with Crippen molar-refractivity contribution in [1.29, 1.82) is 0 Å². The lowest BCUT2D eigenvalue weighted by molar-refractivity contribution is -0.384. The molecule has 0 aliphatic carbocycles. The van der Waals surface area contributed by atoms with E-state index in [1.54, 1.807) is 6.07 Å². The van der Waals surface area contributed by atoms with Gasteiger partial charge in [-0.15, -0.1) is 11.8 Å². The van der Waals surface area contributed by atoms with Crippen molar-refractivity contribution in [3.63, 3.8) is 0 Å². The van der Waals surface area contributed by atoms with Crippen molar-refractivity contribution in [2.45, 2.75) is 11.7 Å². The number of nitro groups is 1. The van der Waals surface area contributed by atoms with Gasteiger partial charge >= 0.3 is 0 Å². The van der Waals surface area contributed by atoms with E-state index in [4.69, 9.17) is 0 Å². The molecule has 84 valence electrons. The second-order valence-corrected chi connectivity index (χ2v) is 4.90. The molecule has 16 heavy (non-hydrogen) atoms. The Morgan fingerprint density at radius 3 is 2.75 bits per heavy atom. The van der Waals surface area contributed by atoms with E-state index in [1.165, 1.54) is 23.9 Å². The number of nitrogens with one attached hydrogen (secondary N) is 1. The highest BCUT2D eigenvalue weighted by atomic mass is 32.2. The minimum absolute atomic E-state index is 0.00981. The Balaban J connectivity index is 2.55. The van der Waals surface area contributed by atoms with Crippen LogP contribution in [0.25, 0.3) is 0 Å². The standard InChI is InChI=1S/C10H10N2O3S/c1-10(16-2)7-4-3-6(12(14)15)5-8(7)11-9(10)13/h3-5H,1-2H3,(H,11,13). The number of amides is 1. The van der Waals surface area contributed by atoms with Gasteiger partial charge in [-0.1, -0.05) is 0 Å². The van der Waals surface area contributed by atoms with Crippen LogP contribution in [0.1, 0.15) is 12.5 Å². The molecular formula is C10H10N2O3S.